The average molecular weight is 930 g/mol. The summed E-state index contributed by atoms with van der Waals surface area (Å²) in [5.41, 5.74) is 27.1. The van der Waals surface area contributed by atoms with Gasteiger partial charge in [0.2, 0.25) is 0 Å². The molecule has 0 unspecified atom stereocenters. The van der Waals surface area contributed by atoms with Gasteiger partial charge in [-0.3, -0.25) is 0 Å². The molecule has 0 saturated carbocycles. The molecule has 0 N–H and O–H groups in total. The zero-order valence-corrected chi connectivity index (χ0v) is 43.0. The second-order valence-electron chi connectivity index (χ2n) is 23.4. The third-order valence-electron chi connectivity index (χ3n) is 15.8. The van der Waals surface area contributed by atoms with E-state index in [1.807, 2.05) is 0 Å². The van der Waals surface area contributed by atoms with Crippen LogP contribution in [0.1, 0.15) is 79.0 Å². The van der Waals surface area contributed by atoms with Gasteiger partial charge in [-0.25, -0.2) is 0 Å². The van der Waals surface area contributed by atoms with E-state index >= 15 is 0 Å². The molecular formula is C68H60BN3. The smallest absolute Gasteiger partial charge is 0.333 e. The number of para-hydroxylation sites is 2. The van der Waals surface area contributed by atoms with Gasteiger partial charge in [0, 0.05) is 55.9 Å². The largest absolute Gasteiger partial charge is 0.375 e. The van der Waals surface area contributed by atoms with E-state index in [0.29, 0.717) is 0 Å². The molecule has 4 heteroatoms. The standard InChI is InChI=1S/C68H60BN3/c1-66(2,3)45-32-35-48(36-33-45)70-58-38-34-46(67(4,5)6)41-55(58)69-63-54(40-47(42-60(63)70)68(7,8)9)53-37-39-59(62-61(43-22-12-10-13-23-43)64(72(69)65(53)62)44-24-14-11-15-25-44)71-56-30-20-18-28-51(56)49-26-16-17-27-50(49)52-29-19-21-31-57(52)71/h10-42H,1-9H3. The Balaban J connectivity index is 1.23. The Kier molecular flexibility index (Phi) is 9.71. The molecule has 72 heavy (non-hydrogen) atoms. The Bertz CT molecular complexity index is 3740. The average Bonchev–Trinajstić information content (AvgIpc) is 3.68. The van der Waals surface area contributed by atoms with Crippen LogP contribution in [0.5, 0.6) is 0 Å². The van der Waals surface area contributed by atoms with E-state index in [9.17, 15) is 0 Å². The normalized spacial score (nSPS) is 13.5. The van der Waals surface area contributed by atoms with Crippen molar-refractivity contribution in [3.05, 3.63) is 217 Å². The lowest BCUT2D eigenvalue weighted by molar-refractivity contribution is 0.590. The van der Waals surface area contributed by atoms with E-state index in [-0.39, 0.29) is 23.1 Å². The molecule has 0 radical (unpaired) electrons. The fourth-order valence-electron chi connectivity index (χ4n) is 12.1. The van der Waals surface area contributed by atoms with Gasteiger partial charge in [0.1, 0.15) is 0 Å². The molecule has 0 spiro atoms. The summed E-state index contributed by atoms with van der Waals surface area (Å²) in [6.45, 7) is 20.9. The van der Waals surface area contributed by atoms with Crippen molar-refractivity contribution >= 4 is 62.8 Å². The first-order chi connectivity index (χ1) is 34.7. The molecule has 13 rings (SSSR count). The molecule has 4 heterocycles. The van der Waals surface area contributed by atoms with Crippen LogP contribution >= 0.6 is 0 Å². The Morgan fingerprint density at radius 1 is 0.347 bits per heavy atom. The lowest BCUT2D eigenvalue weighted by Crippen LogP contribution is -2.57. The summed E-state index contributed by atoms with van der Waals surface area (Å²) in [5.74, 6) is 0. The highest BCUT2D eigenvalue weighted by molar-refractivity contribution is 6.90. The van der Waals surface area contributed by atoms with Crippen molar-refractivity contribution in [2.75, 3.05) is 9.80 Å². The first kappa shape index (κ1) is 44.1. The highest BCUT2D eigenvalue weighted by atomic mass is 15.2. The Morgan fingerprint density at radius 3 is 1.44 bits per heavy atom. The summed E-state index contributed by atoms with van der Waals surface area (Å²) in [6, 6.07) is 76.2. The summed E-state index contributed by atoms with van der Waals surface area (Å²) < 4.78 is 2.78. The van der Waals surface area contributed by atoms with E-state index in [1.54, 1.807) is 0 Å². The second kappa shape index (κ2) is 15.8. The summed E-state index contributed by atoms with van der Waals surface area (Å²) >= 11 is 0. The third kappa shape index (κ3) is 6.64. The quantitative estimate of drug-likeness (QED) is 0.163. The molecular weight excluding hydrogens is 870 g/mol. The lowest BCUT2D eigenvalue weighted by atomic mass is 9.44. The maximum absolute atomic E-state index is 2.78. The first-order valence-corrected chi connectivity index (χ1v) is 25.8. The Morgan fingerprint density at radius 2 is 0.861 bits per heavy atom. The van der Waals surface area contributed by atoms with Gasteiger partial charge in [0.05, 0.1) is 17.1 Å². The van der Waals surface area contributed by atoms with Crippen LogP contribution in [-0.4, -0.2) is 11.3 Å². The molecule has 3 aliphatic rings. The molecule has 0 fully saturated rings. The fourth-order valence-corrected chi connectivity index (χ4v) is 12.1. The number of anilines is 6. The van der Waals surface area contributed by atoms with Crippen molar-refractivity contribution in [1.29, 1.82) is 0 Å². The minimum absolute atomic E-state index is 0.0322. The van der Waals surface area contributed by atoms with Crippen LogP contribution in [0.25, 0.3) is 66.7 Å². The van der Waals surface area contributed by atoms with Crippen molar-refractivity contribution in [3.8, 4) is 55.8 Å². The minimum atomic E-state index is -0.155. The molecule has 3 aliphatic heterocycles. The van der Waals surface area contributed by atoms with Crippen LogP contribution in [0.3, 0.4) is 0 Å². The molecule has 350 valence electrons. The van der Waals surface area contributed by atoms with E-state index in [2.05, 4.69) is 277 Å². The van der Waals surface area contributed by atoms with Crippen molar-refractivity contribution < 1.29 is 0 Å². The topological polar surface area (TPSA) is 11.4 Å². The highest BCUT2D eigenvalue weighted by Gasteiger charge is 2.46. The summed E-state index contributed by atoms with van der Waals surface area (Å²) in [7, 11) is 0. The molecule has 0 bridgehead atoms. The first-order valence-electron chi connectivity index (χ1n) is 25.8. The van der Waals surface area contributed by atoms with Gasteiger partial charge in [-0.1, -0.05) is 220 Å². The van der Waals surface area contributed by atoms with Crippen LogP contribution < -0.4 is 20.7 Å². The van der Waals surface area contributed by atoms with Crippen molar-refractivity contribution in [2.45, 2.75) is 78.6 Å². The Hall–Kier alpha value is -7.82. The summed E-state index contributed by atoms with van der Waals surface area (Å²) in [5, 5.41) is 1.25. The zero-order chi connectivity index (χ0) is 49.4. The van der Waals surface area contributed by atoms with Crippen LogP contribution in [0.4, 0.5) is 34.1 Å². The van der Waals surface area contributed by atoms with Gasteiger partial charge in [-0.05, 0) is 114 Å². The second-order valence-corrected chi connectivity index (χ2v) is 23.4. The summed E-state index contributed by atoms with van der Waals surface area (Å²) in [6.07, 6.45) is 0. The van der Waals surface area contributed by atoms with Crippen molar-refractivity contribution in [2.24, 2.45) is 0 Å². The van der Waals surface area contributed by atoms with Crippen LogP contribution in [0.15, 0.2) is 200 Å². The molecule has 3 nitrogen and oxygen atoms in total. The maximum atomic E-state index is 2.78. The number of benzene rings is 9. The fraction of sp³-hybridized carbons (Fsp3) is 0.176. The van der Waals surface area contributed by atoms with E-state index < -0.39 is 0 Å². The third-order valence-corrected chi connectivity index (χ3v) is 15.8. The predicted octanol–water partition coefficient (Wildman–Crippen LogP) is 17.4. The maximum Gasteiger partial charge on any atom is 0.333 e. The SMILES string of the molecule is CC(C)(C)c1ccc(N2c3ccc(C(C)(C)C)cc3B3c4c(cc(C(C)(C)C)cc42)-c2ccc(N4c5ccccc5-c5ccccc5-c5ccccc54)c4c(-c5ccccc5)c(-c5ccccc5)n3c24)cc1. The highest BCUT2D eigenvalue weighted by Crippen LogP contribution is 2.57. The molecule has 0 amide bonds. The molecule has 10 aromatic rings. The van der Waals surface area contributed by atoms with Gasteiger partial charge in [-0.2, -0.15) is 0 Å². The number of fused-ring (bicyclic) bond motifs is 9. The van der Waals surface area contributed by atoms with Crippen LogP contribution in [0, 0.1) is 0 Å². The summed E-state index contributed by atoms with van der Waals surface area (Å²) in [4.78, 5) is 5.17. The van der Waals surface area contributed by atoms with Crippen molar-refractivity contribution in [1.82, 2.24) is 4.48 Å². The Labute approximate surface area is 426 Å². The van der Waals surface area contributed by atoms with E-state index in [1.165, 1.54) is 111 Å². The van der Waals surface area contributed by atoms with Gasteiger partial charge < -0.3 is 14.3 Å². The molecule has 0 aliphatic carbocycles. The van der Waals surface area contributed by atoms with Gasteiger partial charge in [-0.15, -0.1) is 0 Å². The number of hydrogen-bond donors (Lipinski definition) is 0. The zero-order valence-electron chi connectivity index (χ0n) is 43.0. The lowest BCUT2D eigenvalue weighted by Gasteiger charge is -2.42. The molecule has 0 saturated heterocycles. The van der Waals surface area contributed by atoms with E-state index in [4.69, 9.17) is 0 Å². The van der Waals surface area contributed by atoms with Gasteiger partial charge >= 0.3 is 6.85 Å². The molecule has 0 atom stereocenters. The molecule has 9 aromatic carbocycles. The predicted molar refractivity (Wildman–Crippen MR) is 309 cm³/mol. The van der Waals surface area contributed by atoms with E-state index in [0.717, 1.165) is 17.1 Å². The number of rotatable bonds is 4. The number of hydrogen-bond acceptors (Lipinski definition) is 2. The molecule has 1 aromatic heterocycles. The van der Waals surface area contributed by atoms with Crippen LogP contribution in [0.2, 0.25) is 0 Å². The van der Waals surface area contributed by atoms with Crippen molar-refractivity contribution in [3.63, 3.8) is 0 Å². The monoisotopic (exact) mass is 929 g/mol. The van der Waals surface area contributed by atoms with Crippen LogP contribution in [-0.2, 0) is 16.2 Å². The number of aromatic nitrogens is 1. The minimum Gasteiger partial charge on any atom is -0.375 e. The van der Waals surface area contributed by atoms with Gasteiger partial charge in [0.25, 0.3) is 0 Å². The van der Waals surface area contributed by atoms with Gasteiger partial charge in [0.15, 0.2) is 0 Å². The number of nitrogens with zero attached hydrogens (tertiary/aromatic N) is 3.